The average Bonchev–Trinajstić information content (AvgIpc) is 3.48. The van der Waals surface area contributed by atoms with Gasteiger partial charge in [0.15, 0.2) is 0 Å². The van der Waals surface area contributed by atoms with Crippen molar-refractivity contribution < 1.29 is 22.7 Å². The molecule has 4 rings (SSSR count). The molecule has 1 aliphatic carbocycles. The minimum Gasteiger partial charge on any atom is -0.497 e. The summed E-state index contributed by atoms with van der Waals surface area (Å²) < 4.78 is 34.9. The third-order valence-electron chi connectivity index (χ3n) is 7.38. The second-order valence-corrected chi connectivity index (χ2v) is 13.1. The van der Waals surface area contributed by atoms with Crippen LogP contribution < -0.4 is 14.4 Å². The van der Waals surface area contributed by atoms with E-state index in [2.05, 4.69) is 21.2 Å². The summed E-state index contributed by atoms with van der Waals surface area (Å²) >= 11 is 3.39. The normalized spacial score (nSPS) is 14.3. The van der Waals surface area contributed by atoms with Crippen molar-refractivity contribution in [3.8, 4) is 5.75 Å². The van der Waals surface area contributed by atoms with E-state index >= 15 is 0 Å². The van der Waals surface area contributed by atoms with Crippen molar-refractivity contribution in [2.45, 2.75) is 63.1 Å². The lowest BCUT2D eigenvalue weighted by molar-refractivity contribution is -0.139. The van der Waals surface area contributed by atoms with Gasteiger partial charge in [-0.15, -0.1) is 0 Å². The molecule has 218 valence electrons. The van der Waals surface area contributed by atoms with E-state index < -0.39 is 28.5 Å². The second kappa shape index (κ2) is 13.5. The maximum atomic E-state index is 14.0. The molecule has 1 atom stereocenters. The van der Waals surface area contributed by atoms with Gasteiger partial charge in [0.1, 0.15) is 18.3 Å². The van der Waals surface area contributed by atoms with Crippen molar-refractivity contribution in [3.63, 3.8) is 0 Å². The number of hydrogen-bond acceptors (Lipinski definition) is 5. The number of benzene rings is 3. The molecule has 41 heavy (non-hydrogen) atoms. The van der Waals surface area contributed by atoms with Gasteiger partial charge in [-0.05, 0) is 80.8 Å². The number of rotatable bonds is 11. The molecule has 3 aromatic carbocycles. The number of nitrogens with one attached hydrogen (secondary N) is 1. The molecule has 10 heteroatoms. The molecule has 8 nitrogen and oxygen atoms in total. The lowest BCUT2D eigenvalue weighted by Crippen LogP contribution is -2.52. The van der Waals surface area contributed by atoms with Gasteiger partial charge in [0.2, 0.25) is 11.8 Å². The zero-order chi connectivity index (χ0) is 29.6. The third kappa shape index (κ3) is 7.68. The summed E-state index contributed by atoms with van der Waals surface area (Å²) in [4.78, 5) is 28.9. The van der Waals surface area contributed by atoms with Crippen LogP contribution in [-0.4, -0.2) is 50.9 Å². The fraction of sp³-hybridized carbons (Fsp3) is 0.355. The van der Waals surface area contributed by atoms with E-state index in [9.17, 15) is 18.0 Å². The molecule has 0 saturated heterocycles. The standard InChI is InChI=1S/C31H36BrN3O5S/c1-22-8-18-29(19-9-22)41(38,39)35(27-14-12-25(32)13-15-27)21-30(36)34(20-24-10-16-28(40-3)17-11-24)23(2)31(37)33-26-6-4-5-7-26/h8-19,23,26H,4-7,20-21H2,1-3H3,(H,33,37)/t23-/m0/s1. The molecule has 0 aromatic heterocycles. The smallest absolute Gasteiger partial charge is 0.264 e. The van der Waals surface area contributed by atoms with E-state index in [4.69, 9.17) is 4.74 Å². The average molecular weight is 643 g/mol. The van der Waals surface area contributed by atoms with Crippen LogP contribution in [-0.2, 0) is 26.2 Å². The lowest BCUT2D eigenvalue weighted by atomic mass is 10.1. The lowest BCUT2D eigenvalue weighted by Gasteiger charge is -2.32. The van der Waals surface area contributed by atoms with Crippen molar-refractivity contribution in [1.29, 1.82) is 0 Å². The Kier molecular flexibility index (Phi) is 10.1. The fourth-order valence-electron chi connectivity index (χ4n) is 4.88. The van der Waals surface area contributed by atoms with Gasteiger partial charge in [-0.1, -0.05) is 58.6 Å². The predicted octanol–water partition coefficient (Wildman–Crippen LogP) is 5.44. The van der Waals surface area contributed by atoms with Gasteiger partial charge in [0.25, 0.3) is 10.0 Å². The minimum atomic E-state index is -4.11. The van der Waals surface area contributed by atoms with E-state index in [0.29, 0.717) is 11.4 Å². The Morgan fingerprint density at radius 1 is 0.976 bits per heavy atom. The van der Waals surface area contributed by atoms with Crippen molar-refractivity contribution in [3.05, 3.63) is 88.4 Å². The SMILES string of the molecule is COc1ccc(CN(C(=O)CN(c2ccc(Br)cc2)S(=O)(=O)c2ccc(C)cc2)[C@@H](C)C(=O)NC2CCCC2)cc1. The van der Waals surface area contributed by atoms with Crippen LogP contribution in [0.3, 0.4) is 0 Å². The number of ether oxygens (including phenoxy) is 1. The van der Waals surface area contributed by atoms with Crippen LogP contribution in [0.2, 0.25) is 0 Å². The first-order valence-electron chi connectivity index (χ1n) is 13.7. The number of sulfonamides is 1. The molecule has 0 unspecified atom stereocenters. The summed E-state index contributed by atoms with van der Waals surface area (Å²) in [6.07, 6.45) is 3.95. The molecule has 0 heterocycles. The van der Waals surface area contributed by atoms with Crippen LogP contribution in [0.4, 0.5) is 5.69 Å². The zero-order valence-electron chi connectivity index (χ0n) is 23.5. The Morgan fingerprint density at radius 2 is 1.59 bits per heavy atom. The quantitative estimate of drug-likeness (QED) is 0.301. The Labute approximate surface area is 250 Å². The van der Waals surface area contributed by atoms with Crippen molar-refractivity contribution in [2.75, 3.05) is 18.0 Å². The van der Waals surface area contributed by atoms with Gasteiger partial charge in [0, 0.05) is 17.1 Å². The second-order valence-electron chi connectivity index (χ2n) is 10.3. The monoisotopic (exact) mass is 641 g/mol. The summed E-state index contributed by atoms with van der Waals surface area (Å²) in [7, 11) is -2.53. The Hall–Kier alpha value is -3.37. The highest BCUT2D eigenvalue weighted by atomic mass is 79.9. The fourth-order valence-corrected chi connectivity index (χ4v) is 6.55. The number of carbonyl (C=O) groups excluding carboxylic acids is 2. The van der Waals surface area contributed by atoms with Crippen LogP contribution in [0.1, 0.15) is 43.7 Å². The molecule has 0 spiro atoms. The third-order valence-corrected chi connectivity index (χ3v) is 9.70. The maximum Gasteiger partial charge on any atom is 0.264 e. The molecule has 1 N–H and O–H groups in total. The molecule has 0 aliphatic heterocycles. The predicted molar refractivity (Wildman–Crippen MR) is 163 cm³/mol. The summed E-state index contributed by atoms with van der Waals surface area (Å²) in [6, 6.07) is 19.8. The number of methoxy groups -OCH3 is 1. The summed E-state index contributed by atoms with van der Waals surface area (Å²) in [5.74, 6) is -0.0758. The summed E-state index contributed by atoms with van der Waals surface area (Å²) in [6.45, 7) is 3.21. The molecule has 1 fully saturated rings. The van der Waals surface area contributed by atoms with Crippen LogP contribution in [0.5, 0.6) is 5.75 Å². The van der Waals surface area contributed by atoms with Gasteiger partial charge in [-0.25, -0.2) is 8.42 Å². The molecule has 2 amide bonds. The zero-order valence-corrected chi connectivity index (χ0v) is 25.9. The van der Waals surface area contributed by atoms with Gasteiger partial charge in [-0.2, -0.15) is 0 Å². The molecular formula is C31H36BrN3O5S. The maximum absolute atomic E-state index is 14.0. The highest BCUT2D eigenvalue weighted by molar-refractivity contribution is 9.10. The Balaban J connectivity index is 1.67. The van der Waals surface area contributed by atoms with Crippen molar-refractivity contribution in [2.24, 2.45) is 0 Å². The van der Waals surface area contributed by atoms with Crippen LogP contribution in [0.15, 0.2) is 82.2 Å². The van der Waals surface area contributed by atoms with E-state index in [-0.39, 0.29) is 23.4 Å². The van der Waals surface area contributed by atoms with Crippen molar-refractivity contribution in [1.82, 2.24) is 10.2 Å². The minimum absolute atomic E-state index is 0.0764. The number of anilines is 1. The van der Waals surface area contributed by atoms with Gasteiger partial charge >= 0.3 is 0 Å². The molecule has 0 radical (unpaired) electrons. The number of halogens is 1. The number of amides is 2. The van der Waals surface area contributed by atoms with Gasteiger partial charge < -0.3 is 15.0 Å². The van der Waals surface area contributed by atoms with Crippen LogP contribution in [0.25, 0.3) is 0 Å². The topological polar surface area (TPSA) is 96.0 Å². The van der Waals surface area contributed by atoms with Gasteiger partial charge in [-0.3, -0.25) is 13.9 Å². The Bertz CT molecular complexity index is 1440. The van der Waals surface area contributed by atoms with Crippen molar-refractivity contribution >= 4 is 43.5 Å². The first kappa shape index (κ1) is 30.6. The summed E-state index contributed by atoms with van der Waals surface area (Å²) in [5, 5.41) is 3.08. The van der Waals surface area contributed by atoms with Crippen LogP contribution in [0, 0.1) is 6.92 Å². The first-order chi connectivity index (χ1) is 19.6. The number of hydrogen-bond donors (Lipinski definition) is 1. The molecule has 1 aliphatic rings. The number of carbonyl (C=O) groups is 2. The van der Waals surface area contributed by atoms with Crippen LogP contribution >= 0.6 is 15.9 Å². The van der Waals surface area contributed by atoms with Gasteiger partial charge in [0.05, 0.1) is 17.7 Å². The molecule has 3 aromatic rings. The summed E-state index contributed by atoms with van der Waals surface area (Å²) in [5.41, 5.74) is 2.05. The first-order valence-corrected chi connectivity index (χ1v) is 15.9. The van der Waals surface area contributed by atoms with E-state index in [1.54, 1.807) is 62.6 Å². The largest absolute Gasteiger partial charge is 0.497 e. The highest BCUT2D eigenvalue weighted by Crippen LogP contribution is 2.27. The molecule has 0 bridgehead atoms. The van der Waals surface area contributed by atoms with E-state index in [1.807, 2.05) is 19.1 Å². The molecule has 1 saturated carbocycles. The Morgan fingerprint density at radius 3 is 2.17 bits per heavy atom. The number of aryl methyl sites for hydroxylation is 1. The molecular weight excluding hydrogens is 606 g/mol. The van der Waals surface area contributed by atoms with E-state index in [0.717, 1.165) is 45.6 Å². The number of nitrogens with zero attached hydrogens (tertiary/aromatic N) is 2. The highest BCUT2D eigenvalue weighted by Gasteiger charge is 2.33. The van der Waals surface area contributed by atoms with E-state index in [1.165, 1.54) is 17.0 Å².